The maximum atomic E-state index is 13.4. The van der Waals surface area contributed by atoms with E-state index in [1.54, 1.807) is 0 Å². The Bertz CT molecular complexity index is 371. The van der Waals surface area contributed by atoms with Gasteiger partial charge in [-0.3, -0.25) is 0 Å². The Morgan fingerprint density at radius 3 is 2.24 bits per heavy atom. The molecule has 1 aromatic carbocycles. The topological polar surface area (TPSA) is 20.2 Å². The van der Waals surface area contributed by atoms with Crippen LogP contribution in [-0.4, -0.2) is 11.3 Å². The van der Waals surface area contributed by atoms with E-state index in [1.807, 2.05) is 0 Å². The molecule has 0 fully saturated rings. The van der Waals surface area contributed by atoms with Crippen molar-refractivity contribution in [1.82, 2.24) is 0 Å². The van der Waals surface area contributed by atoms with Crippen molar-refractivity contribution in [2.24, 2.45) is 0 Å². The Morgan fingerprint density at radius 1 is 1.12 bits per heavy atom. The molecule has 1 rings (SSSR count). The molecule has 0 spiro atoms. The van der Waals surface area contributed by atoms with Gasteiger partial charge in [0.15, 0.2) is 0 Å². The molecule has 0 saturated carbocycles. The highest BCUT2D eigenvalue weighted by Crippen LogP contribution is 2.31. The van der Waals surface area contributed by atoms with Crippen molar-refractivity contribution in [1.29, 1.82) is 0 Å². The molecule has 96 valence electrons. The van der Waals surface area contributed by atoms with Crippen molar-refractivity contribution in [3.63, 3.8) is 0 Å². The maximum Gasteiger partial charge on any atom is 0.389 e. The van der Waals surface area contributed by atoms with Crippen LogP contribution in [0.4, 0.5) is 17.6 Å². The van der Waals surface area contributed by atoms with Crippen LogP contribution in [0.15, 0.2) is 24.3 Å². The number of aliphatic hydroxyl groups is 1. The quantitative estimate of drug-likeness (QED) is 0.806. The Labute approximate surface area is 97.1 Å². The number of hydrogen-bond donors (Lipinski definition) is 1. The summed E-state index contributed by atoms with van der Waals surface area (Å²) in [6.45, 7) is 1.32. The van der Waals surface area contributed by atoms with Crippen molar-refractivity contribution >= 4 is 0 Å². The summed E-state index contributed by atoms with van der Waals surface area (Å²) < 4.78 is 49.2. The van der Waals surface area contributed by atoms with Crippen LogP contribution in [0.1, 0.15) is 31.7 Å². The van der Waals surface area contributed by atoms with Crippen molar-refractivity contribution in [2.75, 3.05) is 0 Å². The molecule has 1 unspecified atom stereocenters. The Hall–Kier alpha value is -1.10. The van der Waals surface area contributed by atoms with E-state index in [4.69, 9.17) is 0 Å². The van der Waals surface area contributed by atoms with Crippen LogP contribution in [0.5, 0.6) is 0 Å². The molecule has 0 heterocycles. The van der Waals surface area contributed by atoms with Crippen LogP contribution in [0, 0.1) is 5.82 Å². The third kappa shape index (κ3) is 4.34. The van der Waals surface area contributed by atoms with Gasteiger partial charge in [-0.05, 0) is 25.8 Å². The van der Waals surface area contributed by atoms with E-state index in [9.17, 15) is 22.7 Å². The lowest BCUT2D eigenvalue weighted by atomic mass is 9.90. The SMILES string of the molecule is CC(O)(CCCC(F)(F)F)c1ccccc1F. The average molecular weight is 250 g/mol. The molecule has 1 aromatic rings. The molecule has 1 N–H and O–H groups in total. The van der Waals surface area contributed by atoms with Gasteiger partial charge in [-0.2, -0.15) is 13.2 Å². The summed E-state index contributed by atoms with van der Waals surface area (Å²) in [7, 11) is 0. The van der Waals surface area contributed by atoms with Gasteiger partial charge in [-0.1, -0.05) is 18.2 Å². The summed E-state index contributed by atoms with van der Waals surface area (Å²) in [6, 6.07) is 5.55. The average Bonchev–Trinajstić information content (AvgIpc) is 2.15. The van der Waals surface area contributed by atoms with Gasteiger partial charge in [-0.15, -0.1) is 0 Å². The van der Waals surface area contributed by atoms with Gasteiger partial charge in [0, 0.05) is 12.0 Å². The maximum absolute atomic E-state index is 13.4. The van der Waals surface area contributed by atoms with E-state index in [-0.39, 0.29) is 18.4 Å². The summed E-state index contributed by atoms with van der Waals surface area (Å²) in [4.78, 5) is 0. The van der Waals surface area contributed by atoms with Gasteiger partial charge in [0.05, 0.1) is 5.60 Å². The fraction of sp³-hybridized carbons (Fsp3) is 0.500. The minimum absolute atomic E-state index is 0.0298. The third-order valence-corrected chi connectivity index (χ3v) is 2.58. The highest BCUT2D eigenvalue weighted by atomic mass is 19.4. The van der Waals surface area contributed by atoms with Gasteiger partial charge in [0.25, 0.3) is 0 Å². The molecule has 1 nitrogen and oxygen atoms in total. The summed E-state index contributed by atoms with van der Waals surface area (Å²) in [5.41, 5.74) is -1.54. The molecule has 5 heteroatoms. The Kier molecular flexibility index (Phi) is 4.14. The lowest BCUT2D eigenvalue weighted by Gasteiger charge is -2.24. The standard InChI is InChI=1S/C12H14F4O/c1-11(17,7-4-8-12(14,15)16)9-5-2-3-6-10(9)13/h2-3,5-6,17H,4,7-8H2,1H3. The zero-order valence-electron chi connectivity index (χ0n) is 9.39. The molecule has 0 aliphatic rings. The first-order chi connectivity index (χ1) is 7.72. The molecular weight excluding hydrogens is 236 g/mol. The van der Waals surface area contributed by atoms with Gasteiger partial charge >= 0.3 is 6.18 Å². The minimum atomic E-state index is -4.24. The molecule has 17 heavy (non-hydrogen) atoms. The summed E-state index contributed by atoms with van der Waals surface area (Å²) >= 11 is 0. The molecule has 1 atom stereocenters. The lowest BCUT2D eigenvalue weighted by molar-refractivity contribution is -0.137. The largest absolute Gasteiger partial charge is 0.389 e. The predicted octanol–water partition coefficient (Wildman–Crippen LogP) is 3.77. The second-order valence-corrected chi connectivity index (χ2v) is 4.22. The van der Waals surface area contributed by atoms with Crippen LogP contribution >= 0.6 is 0 Å². The fourth-order valence-electron chi connectivity index (χ4n) is 1.67. The van der Waals surface area contributed by atoms with Crippen LogP contribution in [0.25, 0.3) is 0 Å². The normalized spacial score (nSPS) is 15.6. The van der Waals surface area contributed by atoms with Gasteiger partial charge < -0.3 is 5.11 Å². The summed E-state index contributed by atoms with van der Waals surface area (Å²) in [6.07, 6.45) is -5.58. The van der Waals surface area contributed by atoms with Gasteiger partial charge in [0.1, 0.15) is 5.82 Å². The predicted molar refractivity (Wildman–Crippen MR) is 55.9 cm³/mol. The van der Waals surface area contributed by atoms with Crippen LogP contribution in [0.2, 0.25) is 0 Å². The first kappa shape index (κ1) is 14.0. The zero-order chi connectivity index (χ0) is 13.1. The van der Waals surface area contributed by atoms with Crippen LogP contribution < -0.4 is 0 Å². The second-order valence-electron chi connectivity index (χ2n) is 4.22. The van der Waals surface area contributed by atoms with E-state index < -0.39 is 24.0 Å². The molecule has 0 aliphatic heterocycles. The highest BCUT2D eigenvalue weighted by Gasteiger charge is 2.30. The molecule has 0 radical (unpaired) electrons. The first-order valence-electron chi connectivity index (χ1n) is 5.26. The lowest BCUT2D eigenvalue weighted by Crippen LogP contribution is -2.23. The van der Waals surface area contributed by atoms with E-state index in [0.717, 1.165) is 0 Å². The third-order valence-electron chi connectivity index (χ3n) is 2.58. The van der Waals surface area contributed by atoms with Gasteiger partial charge in [0.2, 0.25) is 0 Å². The van der Waals surface area contributed by atoms with E-state index in [2.05, 4.69) is 0 Å². The smallest absolute Gasteiger partial charge is 0.385 e. The van der Waals surface area contributed by atoms with Crippen molar-refractivity contribution in [3.05, 3.63) is 35.6 Å². The van der Waals surface area contributed by atoms with Crippen molar-refractivity contribution in [3.8, 4) is 0 Å². The number of alkyl halides is 3. The minimum Gasteiger partial charge on any atom is -0.385 e. The van der Waals surface area contributed by atoms with Crippen molar-refractivity contribution < 1.29 is 22.7 Å². The Morgan fingerprint density at radius 2 is 1.71 bits per heavy atom. The van der Waals surface area contributed by atoms with Crippen LogP contribution in [0.3, 0.4) is 0 Å². The number of hydrogen-bond acceptors (Lipinski definition) is 1. The first-order valence-corrected chi connectivity index (χ1v) is 5.26. The van der Waals surface area contributed by atoms with E-state index in [1.165, 1.54) is 31.2 Å². The molecular formula is C12H14F4O. The summed E-state index contributed by atoms with van der Waals surface area (Å²) in [5.74, 6) is -0.607. The second kappa shape index (κ2) is 5.04. The van der Waals surface area contributed by atoms with Crippen molar-refractivity contribution in [2.45, 2.75) is 38.0 Å². The van der Waals surface area contributed by atoms with Gasteiger partial charge in [-0.25, -0.2) is 4.39 Å². The molecule has 0 aromatic heterocycles. The van der Waals surface area contributed by atoms with E-state index >= 15 is 0 Å². The molecule has 0 amide bonds. The monoisotopic (exact) mass is 250 g/mol. The fourth-order valence-corrected chi connectivity index (χ4v) is 1.67. The number of rotatable bonds is 4. The number of halogens is 4. The molecule has 0 aliphatic carbocycles. The number of benzene rings is 1. The Balaban J connectivity index is 2.66. The van der Waals surface area contributed by atoms with Crippen LogP contribution in [-0.2, 0) is 5.60 Å². The molecule has 0 bridgehead atoms. The molecule has 0 saturated heterocycles. The highest BCUT2D eigenvalue weighted by molar-refractivity contribution is 5.23. The van der Waals surface area contributed by atoms with E-state index in [0.29, 0.717) is 0 Å². The zero-order valence-corrected chi connectivity index (χ0v) is 9.39. The summed E-state index contributed by atoms with van der Waals surface area (Å²) in [5, 5.41) is 9.96.